The van der Waals surface area contributed by atoms with Crippen LogP contribution in [0.3, 0.4) is 0 Å². The summed E-state index contributed by atoms with van der Waals surface area (Å²) in [7, 11) is 0. The molecule has 6 aromatic rings. The number of amides is 2. The number of urea groups is 1. The first-order chi connectivity index (χ1) is 24.7. The Morgan fingerprint density at radius 3 is 2.63 bits per heavy atom. The van der Waals surface area contributed by atoms with Gasteiger partial charge in [-0.15, -0.1) is 10.2 Å². The Balaban J connectivity index is 1.08. The molecular weight excluding hydrogens is 664 g/mol. The maximum absolute atomic E-state index is 14.7. The molecule has 12 heteroatoms. The molecule has 0 atom stereocenters. The minimum Gasteiger partial charge on any atom is -0.508 e. The van der Waals surface area contributed by atoms with Gasteiger partial charge in [0, 0.05) is 40.6 Å². The second-order valence-corrected chi connectivity index (χ2v) is 14.6. The van der Waals surface area contributed by atoms with E-state index in [0.717, 1.165) is 52.8 Å². The van der Waals surface area contributed by atoms with Crippen LogP contribution in [0.4, 0.5) is 15.0 Å². The van der Waals surface area contributed by atoms with Crippen LogP contribution in [0.1, 0.15) is 56.9 Å². The van der Waals surface area contributed by atoms with E-state index in [4.69, 9.17) is 5.10 Å². The van der Waals surface area contributed by atoms with Crippen LogP contribution in [-0.2, 0) is 18.5 Å². The Morgan fingerprint density at radius 2 is 1.80 bits per heavy atom. The van der Waals surface area contributed by atoms with Crippen LogP contribution < -0.4 is 10.6 Å². The van der Waals surface area contributed by atoms with Crippen LogP contribution in [0.5, 0.6) is 5.75 Å². The molecule has 0 radical (unpaired) electrons. The second-order valence-electron chi connectivity index (χ2n) is 13.5. The topological polar surface area (TPSA) is 113 Å². The number of aromatic hydroxyl groups is 1. The summed E-state index contributed by atoms with van der Waals surface area (Å²) in [4.78, 5) is 17.7. The van der Waals surface area contributed by atoms with Gasteiger partial charge in [0.25, 0.3) is 0 Å². The van der Waals surface area contributed by atoms with E-state index in [0.29, 0.717) is 11.5 Å². The molecule has 1 aliphatic rings. The molecule has 0 unspecified atom stereocenters. The van der Waals surface area contributed by atoms with E-state index in [1.54, 1.807) is 4.40 Å². The molecule has 0 bridgehead atoms. The van der Waals surface area contributed by atoms with E-state index in [2.05, 4.69) is 64.7 Å². The second kappa shape index (κ2) is 14.6. The summed E-state index contributed by atoms with van der Waals surface area (Å²) in [5, 5.41) is 29.4. The van der Waals surface area contributed by atoms with Gasteiger partial charge in [-0.3, -0.25) is 14.6 Å². The average molecular weight is 705 g/mol. The molecule has 4 heterocycles. The zero-order valence-corrected chi connectivity index (χ0v) is 29.8. The van der Waals surface area contributed by atoms with Crippen molar-refractivity contribution in [3.8, 4) is 22.8 Å². The molecule has 2 amide bonds. The van der Waals surface area contributed by atoms with Crippen molar-refractivity contribution in [1.82, 2.24) is 34.6 Å². The summed E-state index contributed by atoms with van der Waals surface area (Å²) in [6.07, 6.45) is 5.22. The van der Waals surface area contributed by atoms with Crippen LogP contribution in [0.15, 0.2) is 101 Å². The summed E-state index contributed by atoms with van der Waals surface area (Å²) in [5.74, 6) is 0.326. The summed E-state index contributed by atoms with van der Waals surface area (Å²) in [6, 6.07) is 25.4. The molecule has 7 rings (SSSR count). The zero-order chi connectivity index (χ0) is 35.5. The first kappa shape index (κ1) is 34.3. The SMILES string of the molecule is CCC(C)(C)c1cc(NC(=O)NCc2ccccc2Sc2ccc3nnc(-c4cc(O)ccc4F)n3c2)n(-c2cccc(CN3CCCC3)c2)n1. The van der Waals surface area contributed by atoms with Crippen LogP contribution in [0, 0.1) is 5.82 Å². The number of phenolic OH excluding ortho intramolecular Hbond substituents is 1. The summed E-state index contributed by atoms with van der Waals surface area (Å²) < 4.78 is 18.2. The Bertz CT molecular complexity index is 2190. The number of hydrogen-bond donors (Lipinski definition) is 3. The van der Waals surface area contributed by atoms with Gasteiger partial charge in [0.05, 0.1) is 16.9 Å². The van der Waals surface area contributed by atoms with Gasteiger partial charge in [0.2, 0.25) is 0 Å². The lowest BCUT2D eigenvalue weighted by atomic mass is 9.87. The molecule has 3 aromatic carbocycles. The van der Waals surface area contributed by atoms with Crippen LogP contribution in [0.2, 0.25) is 0 Å². The molecule has 0 saturated carbocycles. The Kier molecular flexibility index (Phi) is 9.79. The highest BCUT2D eigenvalue weighted by Gasteiger charge is 2.25. The Morgan fingerprint density at radius 1 is 0.980 bits per heavy atom. The first-order valence-electron chi connectivity index (χ1n) is 17.2. The molecule has 51 heavy (non-hydrogen) atoms. The van der Waals surface area contributed by atoms with Crippen molar-refractivity contribution in [2.45, 2.75) is 68.3 Å². The molecular formula is C39H41FN8O2S. The van der Waals surface area contributed by atoms with Crippen molar-refractivity contribution in [3.63, 3.8) is 0 Å². The third kappa shape index (κ3) is 7.62. The van der Waals surface area contributed by atoms with Crippen molar-refractivity contribution in [1.29, 1.82) is 0 Å². The quantitative estimate of drug-likeness (QED) is 0.125. The van der Waals surface area contributed by atoms with Crippen LogP contribution in [-0.4, -0.2) is 53.5 Å². The number of likely N-dealkylation sites (tertiary alicyclic amines) is 1. The normalized spacial score (nSPS) is 13.6. The summed E-state index contributed by atoms with van der Waals surface area (Å²) in [6.45, 7) is 9.89. The van der Waals surface area contributed by atoms with Crippen LogP contribution >= 0.6 is 11.8 Å². The van der Waals surface area contributed by atoms with Gasteiger partial charge in [-0.1, -0.05) is 62.9 Å². The molecule has 10 nitrogen and oxygen atoms in total. The predicted octanol–water partition coefficient (Wildman–Crippen LogP) is 8.18. The van der Waals surface area contributed by atoms with E-state index in [-0.39, 0.29) is 35.1 Å². The van der Waals surface area contributed by atoms with Crippen molar-refractivity contribution < 1.29 is 14.3 Å². The number of hydrogen-bond acceptors (Lipinski definition) is 7. The lowest BCUT2D eigenvalue weighted by Crippen LogP contribution is -2.29. The first-order valence-corrected chi connectivity index (χ1v) is 18.0. The third-order valence-corrected chi connectivity index (χ3v) is 10.6. The van der Waals surface area contributed by atoms with E-state index >= 15 is 0 Å². The van der Waals surface area contributed by atoms with Crippen LogP contribution in [0.25, 0.3) is 22.7 Å². The molecule has 1 saturated heterocycles. The molecule has 1 fully saturated rings. The number of carbonyl (C=O) groups excluding carboxylic acids is 1. The highest BCUT2D eigenvalue weighted by molar-refractivity contribution is 7.99. The number of nitrogens with one attached hydrogen (secondary N) is 2. The fraction of sp³-hybridized carbons (Fsp3) is 0.282. The zero-order valence-electron chi connectivity index (χ0n) is 28.9. The van der Waals surface area contributed by atoms with Gasteiger partial charge >= 0.3 is 6.03 Å². The van der Waals surface area contributed by atoms with Gasteiger partial charge in [0.15, 0.2) is 11.5 Å². The number of pyridine rings is 1. The number of fused-ring (bicyclic) bond motifs is 1. The number of phenols is 1. The van der Waals surface area contributed by atoms with E-state index < -0.39 is 5.82 Å². The number of benzene rings is 3. The lowest BCUT2D eigenvalue weighted by Gasteiger charge is -2.19. The van der Waals surface area contributed by atoms with Gasteiger partial charge in [-0.2, -0.15) is 5.10 Å². The van der Waals surface area contributed by atoms with Gasteiger partial charge < -0.3 is 10.4 Å². The van der Waals surface area contributed by atoms with E-state index in [9.17, 15) is 14.3 Å². The Hall–Kier alpha value is -5.20. The average Bonchev–Trinajstić information content (AvgIpc) is 3.90. The molecule has 0 aliphatic carbocycles. The standard InChI is InChI=1S/C39H41FN8O2S/c1-4-39(2,3)34-22-36(48(45-34)28-12-9-10-26(20-28)24-46-18-7-8-19-46)42-38(50)41-23-27-11-5-6-13-33(27)51-30-15-17-35-43-44-37(47(35)25-30)31-21-29(49)14-16-32(31)40/h5-6,9-17,20-22,25,49H,4,7-8,18-19,23-24H2,1-3H3,(H2,41,42,50). The highest BCUT2D eigenvalue weighted by Crippen LogP contribution is 2.33. The fourth-order valence-electron chi connectivity index (χ4n) is 6.18. The predicted molar refractivity (Wildman–Crippen MR) is 198 cm³/mol. The van der Waals surface area contributed by atoms with E-state index in [1.165, 1.54) is 48.4 Å². The summed E-state index contributed by atoms with van der Waals surface area (Å²) in [5.41, 5.74) is 4.49. The lowest BCUT2D eigenvalue weighted by molar-refractivity contribution is 0.251. The third-order valence-electron chi connectivity index (χ3n) is 9.49. The van der Waals surface area contributed by atoms with Crippen molar-refractivity contribution >= 4 is 29.3 Å². The number of aromatic nitrogens is 5. The molecule has 1 aliphatic heterocycles. The number of halogens is 1. The largest absolute Gasteiger partial charge is 0.508 e. The Labute approximate surface area is 300 Å². The van der Waals surface area contributed by atoms with E-state index in [1.807, 2.05) is 59.4 Å². The smallest absolute Gasteiger partial charge is 0.320 e. The minimum absolute atomic E-state index is 0.0593. The van der Waals surface area contributed by atoms with Crippen molar-refractivity contribution in [2.24, 2.45) is 0 Å². The summed E-state index contributed by atoms with van der Waals surface area (Å²) >= 11 is 1.51. The number of carbonyl (C=O) groups is 1. The van der Waals surface area contributed by atoms with Gasteiger partial charge in [0.1, 0.15) is 17.4 Å². The molecule has 0 spiro atoms. The molecule has 3 N–H and O–H groups in total. The van der Waals surface area contributed by atoms with Gasteiger partial charge in [-0.05, 0) is 92.0 Å². The molecule has 262 valence electrons. The maximum atomic E-state index is 14.7. The maximum Gasteiger partial charge on any atom is 0.320 e. The fourth-order valence-corrected chi connectivity index (χ4v) is 7.14. The number of anilines is 1. The highest BCUT2D eigenvalue weighted by atomic mass is 32.2. The van der Waals surface area contributed by atoms with Gasteiger partial charge in [-0.25, -0.2) is 13.9 Å². The van der Waals surface area contributed by atoms with Crippen molar-refractivity contribution in [2.75, 3.05) is 18.4 Å². The molecule has 3 aromatic heterocycles. The number of nitrogens with zero attached hydrogens (tertiary/aromatic N) is 6. The van der Waals surface area contributed by atoms with Crippen molar-refractivity contribution in [3.05, 3.63) is 114 Å². The minimum atomic E-state index is -0.505. The monoisotopic (exact) mass is 704 g/mol. The number of rotatable bonds is 11.